The normalized spacial score (nSPS) is 12.7. The Labute approximate surface area is 95.2 Å². The topological polar surface area (TPSA) is 26.0 Å². The second kappa shape index (κ2) is 6.01. The molecule has 1 nitrogen and oxygen atoms in total. The third-order valence-electron chi connectivity index (χ3n) is 2.47. The van der Waals surface area contributed by atoms with E-state index in [4.69, 9.17) is 5.73 Å². The smallest absolute Gasteiger partial charge is 0.150 e. The maximum atomic E-state index is 13.5. The monoisotopic (exact) mass is 227 g/mol. The average molecular weight is 227 g/mol. The van der Waals surface area contributed by atoms with Crippen LogP contribution in [0.4, 0.5) is 10.1 Å². The van der Waals surface area contributed by atoms with E-state index in [-0.39, 0.29) is 11.5 Å². The fourth-order valence-corrected chi connectivity index (χ4v) is 2.40. The molecule has 0 saturated carbocycles. The van der Waals surface area contributed by atoms with Crippen LogP contribution in [0.25, 0.3) is 0 Å². The Balaban J connectivity index is 2.47. The first-order chi connectivity index (χ1) is 7.15. The highest BCUT2D eigenvalue weighted by Crippen LogP contribution is 2.21. The minimum absolute atomic E-state index is 0.247. The second-order valence-corrected chi connectivity index (χ2v) is 4.88. The SMILES string of the molecule is CCC(C)CSCc1cccc(N)c1F. The van der Waals surface area contributed by atoms with Crippen molar-refractivity contribution in [2.75, 3.05) is 11.5 Å². The molecule has 3 heteroatoms. The summed E-state index contributed by atoms with van der Waals surface area (Å²) >= 11 is 1.77. The zero-order chi connectivity index (χ0) is 11.3. The van der Waals surface area contributed by atoms with Gasteiger partial charge >= 0.3 is 0 Å². The van der Waals surface area contributed by atoms with Crippen LogP contribution in [0.5, 0.6) is 0 Å². The number of hydrogen-bond acceptors (Lipinski definition) is 2. The molecular weight excluding hydrogens is 209 g/mol. The van der Waals surface area contributed by atoms with Crippen LogP contribution in [0.15, 0.2) is 18.2 Å². The predicted molar refractivity (Wildman–Crippen MR) is 66.4 cm³/mol. The molecule has 15 heavy (non-hydrogen) atoms. The Hall–Kier alpha value is -0.700. The van der Waals surface area contributed by atoms with Gasteiger partial charge in [-0.3, -0.25) is 0 Å². The van der Waals surface area contributed by atoms with Crippen molar-refractivity contribution in [1.29, 1.82) is 0 Å². The maximum absolute atomic E-state index is 13.5. The van der Waals surface area contributed by atoms with E-state index >= 15 is 0 Å². The summed E-state index contributed by atoms with van der Waals surface area (Å²) in [6.07, 6.45) is 1.17. The highest BCUT2D eigenvalue weighted by molar-refractivity contribution is 7.98. The number of thioether (sulfide) groups is 1. The largest absolute Gasteiger partial charge is 0.396 e. The lowest BCUT2D eigenvalue weighted by atomic mass is 10.2. The zero-order valence-electron chi connectivity index (χ0n) is 9.29. The van der Waals surface area contributed by atoms with E-state index < -0.39 is 0 Å². The van der Waals surface area contributed by atoms with E-state index in [1.54, 1.807) is 30.0 Å². The van der Waals surface area contributed by atoms with E-state index in [0.717, 1.165) is 5.75 Å². The van der Waals surface area contributed by atoms with Crippen LogP contribution in [0.3, 0.4) is 0 Å². The van der Waals surface area contributed by atoms with Crippen LogP contribution in [0, 0.1) is 11.7 Å². The van der Waals surface area contributed by atoms with Crippen molar-refractivity contribution in [1.82, 2.24) is 0 Å². The van der Waals surface area contributed by atoms with Gasteiger partial charge in [0.15, 0.2) is 0 Å². The highest BCUT2D eigenvalue weighted by Gasteiger charge is 2.06. The quantitative estimate of drug-likeness (QED) is 0.776. The molecule has 0 aliphatic rings. The van der Waals surface area contributed by atoms with Crippen molar-refractivity contribution in [3.8, 4) is 0 Å². The van der Waals surface area contributed by atoms with Gasteiger partial charge in [0.25, 0.3) is 0 Å². The third kappa shape index (κ3) is 3.74. The molecule has 0 amide bonds. The molecule has 0 heterocycles. The number of hydrogen-bond donors (Lipinski definition) is 1. The number of rotatable bonds is 5. The van der Waals surface area contributed by atoms with Crippen LogP contribution in [0.1, 0.15) is 25.8 Å². The van der Waals surface area contributed by atoms with Crippen molar-refractivity contribution in [3.05, 3.63) is 29.6 Å². The minimum Gasteiger partial charge on any atom is -0.396 e. The van der Waals surface area contributed by atoms with Gasteiger partial charge < -0.3 is 5.73 Å². The van der Waals surface area contributed by atoms with Crippen LogP contribution in [-0.2, 0) is 5.75 Å². The van der Waals surface area contributed by atoms with E-state index in [9.17, 15) is 4.39 Å². The molecule has 84 valence electrons. The van der Waals surface area contributed by atoms with E-state index in [1.165, 1.54) is 6.42 Å². The molecule has 0 bridgehead atoms. The van der Waals surface area contributed by atoms with E-state index in [0.29, 0.717) is 17.2 Å². The Kier molecular flexibility index (Phi) is 4.95. The fraction of sp³-hybridized carbons (Fsp3) is 0.500. The summed E-state index contributed by atoms with van der Waals surface area (Å²) in [5, 5.41) is 0. The lowest BCUT2D eigenvalue weighted by Crippen LogP contribution is -1.98. The lowest BCUT2D eigenvalue weighted by Gasteiger charge is -2.08. The average Bonchev–Trinajstić information content (AvgIpc) is 2.24. The van der Waals surface area contributed by atoms with Crippen molar-refractivity contribution >= 4 is 17.4 Å². The summed E-state index contributed by atoms with van der Waals surface area (Å²) in [6.45, 7) is 4.38. The van der Waals surface area contributed by atoms with Gasteiger partial charge in [0.2, 0.25) is 0 Å². The molecule has 2 N–H and O–H groups in total. The summed E-state index contributed by atoms with van der Waals surface area (Å²) in [5.74, 6) is 2.22. The van der Waals surface area contributed by atoms with E-state index in [2.05, 4.69) is 13.8 Å². The van der Waals surface area contributed by atoms with E-state index in [1.807, 2.05) is 0 Å². The Morgan fingerprint density at radius 1 is 1.47 bits per heavy atom. The van der Waals surface area contributed by atoms with Gasteiger partial charge in [-0.05, 0) is 23.3 Å². The Bertz CT molecular complexity index is 314. The molecule has 0 aromatic heterocycles. The molecule has 0 fully saturated rings. The summed E-state index contributed by atoms with van der Waals surface area (Å²) in [6, 6.07) is 5.20. The van der Waals surface area contributed by atoms with Gasteiger partial charge in [0.1, 0.15) is 5.82 Å². The van der Waals surface area contributed by atoms with Gasteiger partial charge in [0, 0.05) is 5.75 Å². The zero-order valence-corrected chi connectivity index (χ0v) is 10.1. The summed E-state index contributed by atoms with van der Waals surface area (Å²) < 4.78 is 13.5. The maximum Gasteiger partial charge on any atom is 0.150 e. The van der Waals surface area contributed by atoms with Gasteiger partial charge in [-0.2, -0.15) is 11.8 Å². The summed E-state index contributed by atoms with van der Waals surface area (Å²) in [5.41, 5.74) is 6.45. The number of halogens is 1. The third-order valence-corrected chi connectivity index (χ3v) is 3.79. The molecule has 1 aromatic carbocycles. The van der Waals surface area contributed by atoms with Gasteiger partial charge in [-0.15, -0.1) is 0 Å². The van der Waals surface area contributed by atoms with Gasteiger partial charge in [-0.25, -0.2) is 4.39 Å². The molecule has 1 atom stereocenters. The number of nitrogens with two attached hydrogens (primary N) is 1. The molecule has 0 radical (unpaired) electrons. The number of nitrogen functional groups attached to an aromatic ring is 1. The molecule has 0 aliphatic heterocycles. The predicted octanol–water partition coefficient (Wildman–Crippen LogP) is 3.69. The van der Waals surface area contributed by atoms with Crippen molar-refractivity contribution in [2.24, 2.45) is 5.92 Å². The molecule has 0 aliphatic carbocycles. The molecule has 0 spiro atoms. The first-order valence-corrected chi connectivity index (χ1v) is 6.41. The van der Waals surface area contributed by atoms with Crippen LogP contribution in [0.2, 0.25) is 0 Å². The van der Waals surface area contributed by atoms with Crippen LogP contribution >= 0.6 is 11.8 Å². The Morgan fingerprint density at radius 2 is 2.20 bits per heavy atom. The standard InChI is InChI=1S/C12H18FNS/c1-3-9(2)7-15-8-10-5-4-6-11(14)12(10)13/h4-6,9H,3,7-8,14H2,1-2H3. The van der Waals surface area contributed by atoms with Gasteiger partial charge in [0.05, 0.1) is 5.69 Å². The lowest BCUT2D eigenvalue weighted by molar-refractivity contribution is 0.620. The highest BCUT2D eigenvalue weighted by atomic mass is 32.2. The number of anilines is 1. The fourth-order valence-electron chi connectivity index (χ4n) is 1.20. The molecule has 1 aromatic rings. The van der Waals surface area contributed by atoms with Crippen LogP contribution in [-0.4, -0.2) is 5.75 Å². The van der Waals surface area contributed by atoms with Crippen molar-refractivity contribution in [3.63, 3.8) is 0 Å². The minimum atomic E-state index is -0.255. The molecule has 0 saturated heterocycles. The molecule has 1 unspecified atom stereocenters. The summed E-state index contributed by atoms with van der Waals surface area (Å²) in [4.78, 5) is 0. The molecule has 1 rings (SSSR count). The van der Waals surface area contributed by atoms with Crippen LogP contribution < -0.4 is 5.73 Å². The molecular formula is C12H18FNS. The first-order valence-electron chi connectivity index (χ1n) is 5.25. The Morgan fingerprint density at radius 3 is 2.87 bits per heavy atom. The summed E-state index contributed by atoms with van der Waals surface area (Å²) in [7, 11) is 0. The number of benzene rings is 1. The van der Waals surface area contributed by atoms with Crippen molar-refractivity contribution in [2.45, 2.75) is 26.0 Å². The second-order valence-electron chi connectivity index (χ2n) is 3.85. The first kappa shape index (κ1) is 12.4. The van der Waals surface area contributed by atoms with Crippen molar-refractivity contribution < 1.29 is 4.39 Å². The van der Waals surface area contributed by atoms with Gasteiger partial charge in [-0.1, -0.05) is 32.4 Å².